The molecule has 0 unspecified atom stereocenters. The number of aromatic nitrogens is 1. The zero-order chi connectivity index (χ0) is 13.2. The molecule has 2 heterocycles. The van der Waals surface area contributed by atoms with E-state index in [2.05, 4.69) is 17.2 Å². The number of fused-ring (bicyclic) bond motifs is 1. The van der Waals surface area contributed by atoms with E-state index in [1.54, 1.807) is 6.26 Å². The molecule has 0 saturated heterocycles. The molecule has 2 N–H and O–H groups in total. The molecule has 3 rings (SSSR count). The van der Waals surface area contributed by atoms with Crippen molar-refractivity contribution in [1.82, 2.24) is 10.3 Å². The maximum Gasteiger partial charge on any atom is 0.120 e. The summed E-state index contributed by atoms with van der Waals surface area (Å²) < 4.78 is 5.37. The molecule has 0 aliphatic carbocycles. The van der Waals surface area contributed by atoms with Gasteiger partial charge in [-0.1, -0.05) is 29.8 Å². The van der Waals surface area contributed by atoms with Crippen LogP contribution in [0.1, 0.15) is 24.4 Å². The van der Waals surface area contributed by atoms with Crippen LogP contribution < -0.4 is 5.32 Å². The molecule has 0 radical (unpaired) electrons. The smallest absolute Gasteiger partial charge is 0.120 e. The number of para-hydroxylation sites is 1. The molecule has 1 atom stereocenters. The van der Waals surface area contributed by atoms with Crippen LogP contribution in [0.25, 0.3) is 10.9 Å². The Morgan fingerprint density at radius 2 is 2.11 bits per heavy atom. The van der Waals surface area contributed by atoms with E-state index in [1.165, 1.54) is 0 Å². The van der Waals surface area contributed by atoms with Crippen molar-refractivity contribution in [2.75, 3.05) is 0 Å². The molecule has 3 aromatic rings. The van der Waals surface area contributed by atoms with Crippen LogP contribution in [0.3, 0.4) is 0 Å². The number of H-pyrrole nitrogens is 1. The zero-order valence-electron chi connectivity index (χ0n) is 10.6. The standard InChI is InChI=1S/C15H15ClN2O/c1-10(14-7-4-8-19-14)17-9-13-15(16)11-5-2-3-6-12(11)18-13/h2-8,10,17-18H,9H2,1H3/t10-/m1/s1. The lowest BCUT2D eigenvalue weighted by Gasteiger charge is -2.10. The van der Waals surface area contributed by atoms with Crippen LogP contribution in [-0.4, -0.2) is 4.98 Å². The molecule has 19 heavy (non-hydrogen) atoms. The van der Waals surface area contributed by atoms with Crippen LogP contribution in [-0.2, 0) is 6.54 Å². The second-order valence-corrected chi connectivity index (χ2v) is 4.96. The van der Waals surface area contributed by atoms with Gasteiger partial charge in [0, 0.05) is 23.1 Å². The van der Waals surface area contributed by atoms with Crippen molar-refractivity contribution in [3.05, 3.63) is 59.1 Å². The molecule has 3 nitrogen and oxygen atoms in total. The van der Waals surface area contributed by atoms with E-state index >= 15 is 0 Å². The minimum Gasteiger partial charge on any atom is -0.468 e. The fourth-order valence-corrected chi connectivity index (χ4v) is 2.46. The Hall–Kier alpha value is -1.71. The maximum absolute atomic E-state index is 6.37. The Labute approximate surface area is 116 Å². The first-order chi connectivity index (χ1) is 9.25. The average Bonchev–Trinajstić information content (AvgIpc) is 3.05. The van der Waals surface area contributed by atoms with Gasteiger partial charge in [-0.25, -0.2) is 0 Å². The highest BCUT2D eigenvalue weighted by atomic mass is 35.5. The molecule has 4 heteroatoms. The summed E-state index contributed by atoms with van der Waals surface area (Å²) in [6.07, 6.45) is 1.68. The number of hydrogen-bond donors (Lipinski definition) is 2. The monoisotopic (exact) mass is 274 g/mol. The van der Waals surface area contributed by atoms with Gasteiger partial charge in [0.1, 0.15) is 5.76 Å². The number of aromatic amines is 1. The fraction of sp³-hybridized carbons (Fsp3) is 0.200. The quantitative estimate of drug-likeness (QED) is 0.746. The number of hydrogen-bond acceptors (Lipinski definition) is 2. The summed E-state index contributed by atoms with van der Waals surface area (Å²) in [6, 6.07) is 12.0. The average molecular weight is 275 g/mol. The van der Waals surface area contributed by atoms with E-state index in [0.29, 0.717) is 6.54 Å². The summed E-state index contributed by atoms with van der Waals surface area (Å²) in [4.78, 5) is 3.34. The van der Waals surface area contributed by atoms with Gasteiger partial charge in [0.15, 0.2) is 0 Å². The number of halogens is 1. The molecule has 2 aromatic heterocycles. The Bertz CT molecular complexity index is 673. The van der Waals surface area contributed by atoms with Crippen molar-refractivity contribution in [3.63, 3.8) is 0 Å². The normalized spacial score (nSPS) is 12.9. The van der Waals surface area contributed by atoms with Crippen molar-refractivity contribution in [2.45, 2.75) is 19.5 Å². The summed E-state index contributed by atoms with van der Waals surface area (Å²) in [6.45, 7) is 2.74. The Morgan fingerprint density at radius 1 is 1.26 bits per heavy atom. The first-order valence-electron chi connectivity index (χ1n) is 6.27. The van der Waals surface area contributed by atoms with E-state index in [0.717, 1.165) is 27.4 Å². The highest BCUT2D eigenvalue weighted by Crippen LogP contribution is 2.27. The van der Waals surface area contributed by atoms with E-state index in [9.17, 15) is 0 Å². The number of rotatable bonds is 4. The molecule has 0 spiro atoms. The maximum atomic E-state index is 6.37. The van der Waals surface area contributed by atoms with Gasteiger partial charge in [-0.05, 0) is 25.1 Å². The lowest BCUT2D eigenvalue weighted by molar-refractivity contribution is 0.429. The molecule has 0 amide bonds. The Balaban J connectivity index is 1.77. The summed E-state index contributed by atoms with van der Waals surface area (Å²) in [7, 11) is 0. The van der Waals surface area contributed by atoms with Crippen LogP contribution >= 0.6 is 11.6 Å². The SMILES string of the molecule is C[C@@H](NCc1[nH]c2ccccc2c1Cl)c1ccco1. The third kappa shape index (κ3) is 2.39. The van der Waals surface area contributed by atoms with Crippen LogP contribution in [0.15, 0.2) is 47.1 Å². The third-order valence-electron chi connectivity index (χ3n) is 3.27. The van der Waals surface area contributed by atoms with Crippen molar-refractivity contribution >= 4 is 22.5 Å². The van der Waals surface area contributed by atoms with Gasteiger partial charge in [-0.3, -0.25) is 0 Å². The van der Waals surface area contributed by atoms with Crippen molar-refractivity contribution < 1.29 is 4.42 Å². The number of nitrogens with one attached hydrogen (secondary N) is 2. The topological polar surface area (TPSA) is 41.0 Å². The van der Waals surface area contributed by atoms with Gasteiger partial charge in [0.2, 0.25) is 0 Å². The van der Waals surface area contributed by atoms with Gasteiger partial charge in [-0.15, -0.1) is 0 Å². The number of furan rings is 1. The van der Waals surface area contributed by atoms with Gasteiger partial charge < -0.3 is 14.7 Å². The number of benzene rings is 1. The minimum absolute atomic E-state index is 0.150. The van der Waals surface area contributed by atoms with Crippen LogP contribution in [0.4, 0.5) is 0 Å². The van der Waals surface area contributed by atoms with Crippen molar-refractivity contribution in [1.29, 1.82) is 0 Å². The molecule has 0 bridgehead atoms. The lowest BCUT2D eigenvalue weighted by atomic mass is 10.2. The summed E-state index contributed by atoms with van der Waals surface area (Å²) >= 11 is 6.37. The predicted octanol–water partition coefficient (Wildman–Crippen LogP) is 4.27. The van der Waals surface area contributed by atoms with Crippen LogP contribution in [0, 0.1) is 0 Å². The summed E-state index contributed by atoms with van der Waals surface area (Å²) in [5, 5.41) is 5.24. The van der Waals surface area contributed by atoms with E-state index in [1.807, 2.05) is 36.4 Å². The second-order valence-electron chi connectivity index (χ2n) is 4.58. The van der Waals surface area contributed by atoms with Crippen molar-refractivity contribution in [2.24, 2.45) is 0 Å². The summed E-state index contributed by atoms with van der Waals surface area (Å²) in [5.41, 5.74) is 2.07. The molecular formula is C15H15ClN2O. The van der Waals surface area contributed by atoms with Gasteiger partial charge >= 0.3 is 0 Å². The summed E-state index contributed by atoms with van der Waals surface area (Å²) in [5.74, 6) is 0.923. The highest BCUT2D eigenvalue weighted by Gasteiger charge is 2.11. The second kappa shape index (κ2) is 5.11. The van der Waals surface area contributed by atoms with Gasteiger partial charge in [0.25, 0.3) is 0 Å². The molecule has 98 valence electrons. The molecule has 0 aliphatic rings. The zero-order valence-corrected chi connectivity index (χ0v) is 11.4. The van der Waals surface area contributed by atoms with E-state index < -0.39 is 0 Å². The fourth-order valence-electron chi connectivity index (χ4n) is 2.18. The molecule has 1 aromatic carbocycles. The van der Waals surface area contributed by atoms with Crippen LogP contribution in [0.5, 0.6) is 0 Å². The first-order valence-corrected chi connectivity index (χ1v) is 6.65. The van der Waals surface area contributed by atoms with E-state index in [-0.39, 0.29) is 6.04 Å². The molecular weight excluding hydrogens is 260 g/mol. The minimum atomic E-state index is 0.150. The predicted molar refractivity (Wildman–Crippen MR) is 77.3 cm³/mol. The molecule has 0 saturated carbocycles. The van der Waals surface area contributed by atoms with Gasteiger partial charge in [0.05, 0.1) is 17.3 Å². The first kappa shape index (κ1) is 12.3. The highest BCUT2D eigenvalue weighted by molar-refractivity contribution is 6.36. The Kier molecular flexibility index (Phi) is 3.32. The van der Waals surface area contributed by atoms with E-state index in [4.69, 9.17) is 16.0 Å². The largest absolute Gasteiger partial charge is 0.468 e. The molecule has 0 aliphatic heterocycles. The van der Waals surface area contributed by atoms with Crippen LogP contribution in [0.2, 0.25) is 5.02 Å². The lowest BCUT2D eigenvalue weighted by Crippen LogP contribution is -2.17. The van der Waals surface area contributed by atoms with Crippen molar-refractivity contribution in [3.8, 4) is 0 Å². The van der Waals surface area contributed by atoms with Gasteiger partial charge in [-0.2, -0.15) is 0 Å². The molecule has 0 fully saturated rings. The Morgan fingerprint density at radius 3 is 2.84 bits per heavy atom. The third-order valence-corrected chi connectivity index (χ3v) is 3.70.